The lowest BCUT2D eigenvalue weighted by molar-refractivity contribution is 0.312. The summed E-state index contributed by atoms with van der Waals surface area (Å²) in [4.78, 5) is 14.1. The topological polar surface area (TPSA) is 55.8 Å². The zero-order valence-corrected chi connectivity index (χ0v) is 20.7. The molecule has 0 radical (unpaired) electrons. The second kappa shape index (κ2) is 12.7. The first-order valence-electron chi connectivity index (χ1n) is 10.7. The lowest BCUT2D eigenvalue weighted by atomic mass is 10.1. The lowest BCUT2D eigenvalue weighted by Gasteiger charge is -2.33. The molecule has 0 unspecified atom stereocenters. The van der Waals surface area contributed by atoms with Crippen LogP contribution in [-0.2, 0) is 19.5 Å². The maximum atomic E-state index is 4.79. The number of aromatic nitrogens is 1. The predicted octanol–water partition coefficient (Wildman–Crippen LogP) is 3.27. The smallest absolute Gasteiger partial charge is 0.191 e. The first kappa shape index (κ1) is 24.4. The van der Waals surface area contributed by atoms with Crippen LogP contribution in [0.4, 0.5) is 5.82 Å². The Morgan fingerprint density at radius 2 is 1.77 bits per heavy atom. The van der Waals surface area contributed by atoms with E-state index < -0.39 is 0 Å². The molecule has 164 valence electrons. The average molecular weight is 522 g/mol. The fourth-order valence-corrected chi connectivity index (χ4v) is 3.53. The molecule has 2 N–H and O–H groups in total. The summed E-state index contributed by atoms with van der Waals surface area (Å²) in [5.74, 6) is 1.90. The molecule has 1 aliphatic heterocycles. The van der Waals surface area contributed by atoms with Gasteiger partial charge in [-0.05, 0) is 49.2 Å². The summed E-state index contributed by atoms with van der Waals surface area (Å²) < 4.78 is 0. The highest BCUT2D eigenvalue weighted by Gasteiger charge is 2.15. The van der Waals surface area contributed by atoms with Gasteiger partial charge in [-0.25, -0.2) is 9.98 Å². The highest BCUT2D eigenvalue weighted by atomic mass is 127. The van der Waals surface area contributed by atoms with Gasteiger partial charge in [0.25, 0.3) is 0 Å². The Morgan fingerprint density at radius 1 is 1.03 bits per heavy atom. The van der Waals surface area contributed by atoms with Crippen molar-refractivity contribution in [3.05, 3.63) is 59.3 Å². The number of pyridine rings is 1. The Morgan fingerprint density at radius 3 is 2.47 bits per heavy atom. The minimum Gasteiger partial charge on any atom is -0.357 e. The highest BCUT2D eigenvalue weighted by molar-refractivity contribution is 14.0. The number of likely N-dealkylation sites (N-methyl/N-ethyl adjacent to an activating group) is 1. The predicted molar refractivity (Wildman–Crippen MR) is 137 cm³/mol. The molecule has 1 fully saturated rings. The van der Waals surface area contributed by atoms with E-state index >= 15 is 0 Å². The second-order valence-corrected chi connectivity index (χ2v) is 7.48. The first-order chi connectivity index (χ1) is 14.2. The fraction of sp³-hybridized carbons (Fsp3) is 0.478. The van der Waals surface area contributed by atoms with Crippen molar-refractivity contribution in [1.29, 1.82) is 0 Å². The summed E-state index contributed by atoms with van der Waals surface area (Å²) in [7, 11) is 2.17. The van der Waals surface area contributed by atoms with Gasteiger partial charge in [-0.1, -0.05) is 31.2 Å². The number of aliphatic imine (C=N–C) groups is 1. The standard InChI is InChI=1S/C23H34N6.HI/c1-4-20-8-6-7-9-21(20)18-27-23(24-5-2)26-17-19-10-11-25-22(16-19)29-14-12-28(3)13-15-29;/h6-11,16H,4-5,12-15,17-18H2,1-3H3,(H2,24,26,27);1H. The van der Waals surface area contributed by atoms with Crippen LogP contribution in [0.1, 0.15) is 30.5 Å². The summed E-state index contributed by atoms with van der Waals surface area (Å²) in [6.07, 6.45) is 2.94. The maximum absolute atomic E-state index is 4.79. The normalized spacial score (nSPS) is 14.9. The van der Waals surface area contributed by atoms with Gasteiger partial charge < -0.3 is 20.4 Å². The van der Waals surface area contributed by atoms with Crippen LogP contribution >= 0.6 is 24.0 Å². The van der Waals surface area contributed by atoms with E-state index in [1.54, 1.807) is 0 Å². The van der Waals surface area contributed by atoms with Gasteiger partial charge in [-0.15, -0.1) is 24.0 Å². The number of aryl methyl sites for hydroxylation is 1. The van der Waals surface area contributed by atoms with Crippen molar-refractivity contribution in [2.24, 2.45) is 4.99 Å². The minimum absolute atomic E-state index is 0. The summed E-state index contributed by atoms with van der Waals surface area (Å²) >= 11 is 0. The van der Waals surface area contributed by atoms with Crippen LogP contribution in [0.5, 0.6) is 0 Å². The number of anilines is 1. The van der Waals surface area contributed by atoms with Crippen LogP contribution in [0.25, 0.3) is 0 Å². The third-order valence-corrected chi connectivity index (χ3v) is 5.35. The van der Waals surface area contributed by atoms with Gasteiger partial charge in [0.1, 0.15) is 5.82 Å². The quantitative estimate of drug-likeness (QED) is 0.332. The highest BCUT2D eigenvalue weighted by Crippen LogP contribution is 2.15. The van der Waals surface area contributed by atoms with E-state index in [4.69, 9.17) is 4.99 Å². The molecule has 0 amide bonds. The molecule has 1 aromatic heterocycles. The van der Waals surface area contributed by atoms with Crippen molar-refractivity contribution >= 4 is 35.8 Å². The van der Waals surface area contributed by atoms with Crippen LogP contribution in [0.2, 0.25) is 0 Å². The molecular weight excluding hydrogens is 487 g/mol. The van der Waals surface area contributed by atoms with Gasteiger partial charge in [-0.3, -0.25) is 0 Å². The lowest BCUT2D eigenvalue weighted by Crippen LogP contribution is -2.44. The van der Waals surface area contributed by atoms with E-state index in [2.05, 4.69) is 82.7 Å². The Labute approximate surface area is 198 Å². The average Bonchev–Trinajstić information content (AvgIpc) is 2.76. The van der Waals surface area contributed by atoms with E-state index in [-0.39, 0.29) is 24.0 Å². The van der Waals surface area contributed by atoms with Gasteiger partial charge in [0.15, 0.2) is 5.96 Å². The van der Waals surface area contributed by atoms with Crippen LogP contribution in [0.15, 0.2) is 47.6 Å². The maximum Gasteiger partial charge on any atom is 0.191 e. The number of guanidine groups is 1. The van der Waals surface area contributed by atoms with E-state index in [0.717, 1.165) is 57.5 Å². The summed E-state index contributed by atoms with van der Waals surface area (Å²) in [5, 5.41) is 6.82. The Kier molecular flexibility index (Phi) is 10.4. The van der Waals surface area contributed by atoms with Gasteiger partial charge >= 0.3 is 0 Å². The molecule has 1 saturated heterocycles. The molecule has 0 bridgehead atoms. The number of benzene rings is 1. The fourth-order valence-electron chi connectivity index (χ4n) is 3.53. The summed E-state index contributed by atoms with van der Waals surface area (Å²) in [6, 6.07) is 12.8. The van der Waals surface area contributed by atoms with Gasteiger partial charge in [0.05, 0.1) is 6.54 Å². The number of nitrogens with one attached hydrogen (secondary N) is 2. The van der Waals surface area contributed by atoms with Crippen LogP contribution in [0, 0.1) is 0 Å². The molecular formula is C23H35IN6. The third-order valence-electron chi connectivity index (χ3n) is 5.35. The monoisotopic (exact) mass is 522 g/mol. The molecule has 0 aliphatic carbocycles. The van der Waals surface area contributed by atoms with E-state index in [1.165, 1.54) is 16.7 Å². The number of hydrogen-bond donors (Lipinski definition) is 2. The minimum atomic E-state index is 0. The molecule has 0 spiro atoms. The Bertz CT molecular complexity index is 802. The molecule has 6 nitrogen and oxygen atoms in total. The second-order valence-electron chi connectivity index (χ2n) is 7.48. The van der Waals surface area contributed by atoms with Gasteiger partial charge in [-0.2, -0.15) is 0 Å². The van der Waals surface area contributed by atoms with E-state index in [1.807, 2.05) is 6.20 Å². The van der Waals surface area contributed by atoms with Crippen molar-refractivity contribution in [3.8, 4) is 0 Å². The molecule has 0 atom stereocenters. The molecule has 1 aromatic carbocycles. The zero-order chi connectivity index (χ0) is 20.5. The van der Waals surface area contributed by atoms with Gasteiger partial charge in [0.2, 0.25) is 0 Å². The van der Waals surface area contributed by atoms with E-state index in [0.29, 0.717) is 6.54 Å². The Hall–Kier alpha value is -1.87. The number of rotatable bonds is 7. The molecule has 3 rings (SSSR count). The van der Waals surface area contributed by atoms with E-state index in [9.17, 15) is 0 Å². The van der Waals surface area contributed by atoms with Crippen molar-refractivity contribution in [2.45, 2.75) is 33.4 Å². The SMILES string of the molecule is CCNC(=NCc1ccnc(N2CCN(C)CC2)c1)NCc1ccccc1CC.I. The molecule has 2 aromatic rings. The molecule has 2 heterocycles. The van der Waals surface area contributed by atoms with Crippen molar-refractivity contribution < 1.29 is 0 Å². The van der Waals surface area contributed by atoms with Crippen molar-refractivity contribution in [2.75, 3.05) is 44.7 Å². The number of piperazine rings is 1. The number of nitrogens with zero attached hydrogens (tertiary/aromatic N) is 4. The van der Waals surface area contributed by atoms with Crippen LogP contribution in [0.3, 0.4) is 0 Å². The Balaban J connectivity index is 0.00000320. The summed E-state index contributed by atoms with van der Waals surface area (Å²) in [6.45, 7) is 10.7. The number of halogens is 1. The number of hydrogen-bond acceptors (Lipinski definition) is 4. The van der Waals surface area contributed by atoms with Crippen LogP contribution in [-0.4, -0.2) is 55.6 Å². The van der Waals surface area contributed by atoms with Crippen molar-refractivity contribution in [3.63, 3.8) is 0 Å². The first-order valence-corrected chi connectivity index (χ1v) is 10.7. The zero-order valence-electron chi connectivity index (χ0n) is 18.4. The molecule has 7 heteroatoms. The van der Waals surface area contributed by atoms with Gasteiger partial charge in [0, 0.05) is 45.5 Å². The molecule has 0 saturated carbocycles. The van der Waals surface area contributed by atoms with Crippen LogP contribution < -0.4 is 15.5 Å². The molecule has 30 heavy (non-hydrogen) atoms. The molecule has 1 aliphatic rings. The van der Waals surface area contributed by atoms with Crippen molar-refractivity contribution in [1.82, 2.24) is 20.5 Å². The largest absolute Gasteiger partial charge is 0.357 e. The third kappa shape index (κ3) is 7.12. The summed E-state index contributed by atoms with van der Waals surface area (Å²) in [5.41, 5.74) is 3.88.